The zero-order chi connectivity index (χ0) is 13.1. The quantitative estimate of drug-likeness (QED) is 0.466. The summed E-state index contributed by atoms with van der Waals surface area (Å²) in [6.45, 7) is 2.11. The van der Waals surface area contributed by atoms with Gasteiger partial charge in [0.05, 0.1) is 6.54 Å². The summed E-state index contributed by atoms with van der Waals surface area (Å²) in [6, 6.07) is 8.16. The van der Waals surface area contributed by atoms with Crippen molar-refractivity contribution in [3.05, 3.63) is 57.9 Å². The van der Waals surface area contributed by atoms with Crippen LogP contribution in [0.15, 0.2) is 39.5 Å². The summed E-state index contributed by atoms with van der Waals surface area (Å²) in [5.41, 5.74) is 2.69. The van der Waals surface area contributed by atoms with Gasteiger partial charge in [0.25, 0.3) is 5.56 Å². The number of hydrogen-bond acceptors (Lipinski definition) is 4. The van der Waals surface area contributed by atoms with E-state index < -0.39 is 5.91 Å². The number of pyridine rings is 1. The van der Waals surface area contributed by atoms with E-state index in [0.717, 1.165) is 5.69 Å². The Hall–Kier alpha value is -2.34. The lowest BCUT2D eigenvalue weighted by Gasteiger charge is -2.06. The molecule has 0 atom stereocenters. The molecule has 1 amide bonds. The van der Waals surface area contributed by atoms with Crippen molar-refractivity contribution in [2.75, 3.05) is 0 Å². The van der Waals surface area contributed by atoms with Crippen LogP contribution in [0, 0.1) is 6.92 Å². The molecule has 0 fully saturated rings. The number of furan rings is 1. The molecule has 94 valence electrons. The summed E-state index contributed by atoms with van der Waals surface area (Å²) in [5.74, 6) is 5.14. The highest BCUT2D eigenvalue weighted by molar-refractivity contribution is 5.90. The van der Waals surface area contributed by atoms with Crippen LogP contribution in [-0.2, 0) is 6.54 Å². The molecule has 2 rings (SSSR count). The van der Waals surface area contributed by atoms with Gasteiger partial charge in [-0.1, -0.05) is 6.07 Å². The van der Waals surface area contributed by atoms with Crippen molar-refractivity contribution in [3.63, 3.8) is 0 Å². The van der Waals surface area contributed by atoms with E-state index in [9.17, 15) is 9.59 Å². The van der Waals surface area contributed by atoms with Crippen molar-refractivity contribution in [1.29, 1.82) is 0 Å². The maximum Gasteiger partial charge on any atom is 0.300 e. The SMILES string of the molecule is Cc1cccc(=O)n1Cc1ccc(C(=O)NN)o1. The number of carbonyl (C=O) groups excluding carboxylic acids is 1. The molecule has 2 heterocycles. The van der Waals surface area contributed by atoms with Crippen molar-refractivity contribution >= 4 is 5.91 Å². The summed E-state index contributed by atoms with van der Waals surface area (Å²) in [7, 11) is 0. The van der Waals surface area contributed by atoms with Crippen LogP contribution in [0.5, 0.6) is 0 Å². The molecule has 6 nitrogen and oxygen atoms in total. The summed E-state index contributed by atoms with van der Waals surface area (Å²) in [6.07, 6.45) is 0. The predicted octanol–water partition coefficient (Wildman–Crippen LogP) is 0.402. The second-order valence-electron chi connectivity index (χ2n) is 3.83. The van der Waals surface area contributed by atoms with Crippen LogP contribution < -0.4 is 16.8 Å². The number of nitrogens with zero attached hydrogens (tertiary/aromatic N) is 1. The molecule has 0 radical (unpaired) electrons. The Balaban J connectivity index is 2.27. The van der Waals surface area contributed by atoms with Crippen LogP contribution in [0.4, 0.5) is 0 Å². The van der Waals surface area contributed by atoms with Crippen LogP contribution in [0.2, 0.25) is 0 Å². The van der Waals surface area contributed by atoms with Gasteiger partial charge in [-0.05, 0) is 25.1 Å². The number of nitrogen functional groups attached to an aromatic ring is 1. The summed E-state index contributed by atoms with van der Waals surface area (Å²) < 4.78 is 6.86. The molecule has 0 saturated heterocycles. The van der Waals surface area contributed by atoms with Crippen LogP contribution in [-0.4, -0.2) is 10.5 Å². The number of aryl methyl sites for hydroxylation is 1. The third kappa shape index (κ3) is 2.33. The van der Waals surface area contributed by atoms with Gasteiger partial charge in [0.1, 0.15) is 5.76 Å². The van der Waals surface area contributed by atoms with Gasteiger partial charge in [-0.15, -0.1) is 0 Å². The number of rotatable bonds is 3. The number of aromatic nitrogens is 1. The molecule has 6 heteroatoms. The standard InChI is InChI=1S/C12H13N3O3/c1-8-3-2-4-11(16)15(8)7-9-5-6-10(18-9)12(17)14-13/h2-6H,7,13H2,1H3,(H,14,17). The van der Waals surface area contributed by atoms with Gasteiger partial charge in [-0.2, -0.15) is 0 Å². The van der Waals surface area contributed by atoms with Gasteiger partial charge in [0.15, 0.2) is 5.76 Å². The highest BCUT2D eigenvalue weighted by Gasteiger charge is 2.10. The maximum absolute atomic E-state index is 11.7. The van der Waals surface area contributed by atoms with Crippen molar-refractivity contribution in [3.8, 4) is 0 Å². The van der Waals surface area contributed by atoms with E-state index in [0.29, 0.717) is 5.76 Å². The molecular weight excluding hydrogens is 234 g/mol. The fourth-order valence-electron chi connectivity index (χ4n) is 1.64. The molecule has 0 aromatic carbocycles. The van der Waals surface area contributed by atoms with Gasteiger partial charge in [-0.3, -0.25) is 15.0 Å². The van der Waals surface area contributed by atoms with Gasteiger partial charge in [0.2, 0.25) is 0 Å². The molecular formula is C12H13N3O3. The Kier molecular flexibility index (Phi) is 3.29. The number of hydrogen-bond donors (Lipinski definition) is 2. The van der Waals surface area contributed by atoms with Gasteiger partial charge >= 0.3 is 5.91 Å². The van der Waals surface area contributed by atoms with E-state index in [-0.39, 0.29) is 17.9 Å². The van der Waals surface area contributed by atoms with Crippen LogP contribution >= 0.6 is 0 Å². The topological polar surface area (TPSA) is 90.3 Å². The zero-order valence-electron chi connectivity index (χ0n) is 9.84. The summed E-state index contributed by atoms with van der Waals surface area (Å²) in [4.78, 5) is 22.9. The minimum Gasteiger partial charge on any atom is -0.454 e. The molecule has 18 heavy (non-hydrogen) atoms. The van der Waals surface area contributed by atoms with Crippen molar-refractivity contribution in [2.45, 2.75) is 13.5 Å². The molecule has 2 aromatic heterocycles. The minimum absolute atomic E-state index is 0.115. The lowest BCUT2D eigenvalue weighted by atomic mass is 10.3. The van der Waals surface area contributed by atoms with Crippen molar-refractivity contribution in [1.82, 2.24) is 9.99 Å². The fourth-order valence-corrected chi connectivity index (χ4v) is 1.64. The average molecular weight is 247 g/mol. The maximum atomic E-state index is 11.7. The van der Waals surface area contributed by atoms with E-state index in [4.69, 9.17) is 10.3 Å². The molecule has 0 aliphatic heterocycles. The summed E-state index contributed by atoms with van der Waals surface area (Å²) >= 11 is 0. The van der Waals surface area contributed by atoms with Crippen LogP contribution in [0.3, 0.4) is 0 Å². The molecule has 0 aliphatic carbocycles. The second-order valence-corrected chi connectivity index (χ2v) is 3.83. The first-order chi connectivity index (χ1) is 8.61. The first-order valence-electron chi connectivity index (χ1n) is 5.38. The Morgan fingerprint density at radius 2 is 2.17 bits per heavy atom. The lowest BCUT2D eigenvalue weighted by Crippen LogP contribution is -2.29. The van der Waals surface area contributed by atoms with E-state index in [1.54, 1.807) is 16.7 Å². The first-order valence-corrected chi connectivity index (χ1v) is 5.38. The number of carbonyl (C=O) groups is 1. The third-order valence-electron chi connectivity index (χ3n) is 2.60. The Bertz CT molecular complexity index is 627. The van der Waals surface area contributed by atoms with Gasteiger partial charge in [0, 0.05) is 11.8 Å². The molecule has 2 aromatic rings. The number of nitrogens with one attached hydrogen (secondary N) is 1. The van der Waals surface area contributed by atoms with Gasteiger partial charge in [-0.25, -0.2) is 5.84 Å². The van der Waals surface area contributed by atoms with Crippen molar-refractivity contribution < 1.29 is 9.21 Å². The Morgan fingerprint density at radius 3 is 2.83 bits per heavy atom. The fraction of sp³-hybridized carbons (Fsp3) is 0.167. The van der Waals surface area contributed by atoms with Crippen LogP contribution in [0.1, 0.15) is 22.0 Å². The van der Waals surface area contributed by atoms with E-state index in [1.807, 2.05) is 18.4 Å². The van der Waals surface area contributed by atoms with E-state index in [1.165, 1.54) is 12.1 Å². The molecule has 0 aliphatic rings. The van der Waals surface area contributed by atoms with Crippen LogP contribution in [0.25, 0.3) is 0 Å². The van der Waals surface area contributed by atoms with Gasteiger partial charge < -0.3 is 8.98 Å². The second kappa shape index (κ2) is 4.89. The highest BCUT2D eigenvalue weighted by Crippen LogP contribution is 2.09. The third-order valence-corrected chi connectivity index (χ3v) is 2.60. The predicted molar refractivity (Wildman–Crippen MR) is 64.9 cm³/mol. The molecule has 0 bridgehead atoms. The molecule has 0 spiro atoms. The zero-order valence-corrected chi connectivity index (χ0v) is 9.84. The van der Waals surface area contributed by atoms with E-state index >= 15 is 0 Å². The first kappa shape index (κ1) is 12.1. The molecule has 3 N–H and O–H groups in total. The average Bonchev–Trinajstić information content (AvgIpc) is 2.81. The highest BCUT2D eigenvalue weighted by atomic mass is 16.4. The molecule has 0 saturated carbocycles. The lowest BCUT2D eigenvalue weighted by molar-refractivity contribution is 0.0924. The number of amides is 1. The van der Waals surface area contributed by atoms with E-state index in [2.05, 4.69) is 0 Å². The van der Waals surface area contributed by atoms with Crippen molar-refractivity contribution in [2.24, 2.45) is 5.84 Å². The monoisotopic (exact) mass is 247 g/mol. The normalized spacial score (nSPS) is 10.3. The summed E-state index contributed by atoms with van der Waals surface area (Å²) in [5, 5.41) is 0. The minimum atomic E-state index is -0.501. The Labute approximate surface area is 103 Å². The number of nitrogens with two attached hydrogens (primary N) is 1. The molecule has 0 unspecified atom stereocenters. The Morgan fingerprint density at radius 1 is 1.39 bits per heavy atom. The number of hydrazine groups is 1. The smallest absolute Gasteiger partial charge is 0.300 e. The largest absolute Gasteiger partial charge is 0.454 e.